The van der Waals surface area contributed by atoms with Crippen molar-refractivity contribution in [1.29, 1.82) is 0 Å². The van der Waals surface area contributed by atoms with Crippen LogP contribution in [0.2, 0.25) is 0 Å². The minimum absolute atomic E-state index is 0.159. The molecule has 0 bridgehead atoms. The summed E-state index contributed by atoms with van der Waals surface area (Å²) in [5.41, 5.74) is 0. The molecule has 0 aromatic carbocycles. The lowest BCUT2D eigenvalue weighted by Crippen LogP contribution is -2.61. The third-order valence-corrected chi connectivity index (χ3v) is 14.7. The number of unbranched alkanes of at least 4 members (excludes halogenated alkanes) is 31. The zero-order valence-electron chi connectivity index (χ0n) is 47.0. The molecule has 0 aliphatic carbocycles. The molecule has 0 aromatic heterocycles. The Morgan fingerprint density at radius 3 is 1.27 bits per heavy atom. The molecule has 0 radical (unpaired) electrons. The van der Waals surface area contributed by atoms with Crippen LogP contribution in [0, 0.1) is 0 Å². The van der Waals surface area contributed by atoms with Gasteiger partial charge in [-0.2, -0.15) is 0 Å². The van der Waals surface area contributed by atoms with E-state index in [-0.39, 0.29) is 26.1 Å². The van der Waals surface area contributed by atoms with Gasteiger partial charge in [0.1, 0.15) is 55.4 Å². The van der Waals surface area contributed by atoms with E-state index < -0.39 is 92.7 Å². The van der Waals surface area contributed by atoms with E-state index in [0.29, 0.717) is 12.8 Å². The molecule has 2 heterocycles. The molecular weight excluding hydrogens is 961 g/mol. The standard InChI is InChI=1S/C60H110O15/c1-3-5-7-9-11-13-15-17-19-21-22-23-24-25-27-28-30-32-34-36-38-40-42-51(62)70-45-48(73-52(63)43-41-39-37-35-33-31-29-26-20-18-16-14-12-10-8-6-4-2)46-71-59-58(69)56(67)54(65)50(75-59)47-72-60-57(68)55(66)53(64)49(44-61)74-60/h12,14,18,20,48-50,53-61,64-69H,3-11,13,15-17,19,21-47H2,1-2H3/b14-12-,20-18-. The first kappa shape index (κ1) is 69.1. The van der Waals surface area contributed by atoms with Gasteiger partial charge in [-0.15, -0.1) is 0 Å². The number of aliphatic hydroxyl groups is 7. The van der Waals surface area contributed by atoms with Crippen LogP contribution < -0.4 is 0 Å². The molecule has 2 fully saturated rings. The smallest absolute Gasteiger partial charge is 0.306 e. The van der Waals surface area contributed by atoms with Crippen LogP contribution in [0.1, 0.15) is 251 Å². The fourth-order valence-electron chi connectivity index (χ4n) is 9.72. The van der Waals surface area contributed by atoms with Crippen LogP contribution in [0.5, 0.6) is 0 Å². The van der Waals surface area contributed by atoms with Crippen molar-refractivity contribution >= 4 is 11.9 Å². The first-order valence-electron chi connectivity index (χ1n) is 30.4. The van der Waals surface area contributed by atoms with Gasteiger partial charge in [0.25, 0.3) is 0 Å². The largest absolute Gasteiger partial charge is 0.462 e. The molecule has 2 saturated heterocycles. The van der Waals surface area contributed by atoms with Crippen LogP contribution in [-0.4, -0.2) is 142 Å². The third-order valence-electron chi connectivity index (χ3n) is 14.7. The number of hydrogen-bond acceptors (Lipinski definition) is 15. The molecule has 0 spiro atoms. The summed E-state index contributed by atoms with van der Waals surface area (Å²) in [7, 11) is 0. The lowest BCUT2D eigenvalue weighted by molar-refractivity contribution is -0.332. The van der Waals surface area contributed by atoms with Gasteiger partial charge >= 0.3 is 11.9 Å². The normalized spacial score (nSPS) is 24.6. The Morgan fingerprint density at radius 2 is 0.800 bits per heavy atom. The summed E-state index contributed by atoms with van der Waals surface area (Å²) in [5.74, 6) is -0.920. The second-order valence-corrected chi connectivity index (χ2v) is 21.5. The van der Waals surface area contributed by atoms with Crippen molar-refractivity contribution in [2.24, 2.45) is 0 Å². The van der Waals surface area contributed by atoms with E-state index in [1.807, 2.05) is 0 Å². The molecule has 0 saturated carbocycles. The molecule has 11 unspecified atom stereocenters. The van der Waals surface area contributed by atoms with Crippen LogP contribution in [0.4, 0.5) is 0 Å². The van der Waals surface area contributed by atoms with Crippen molar-refractivity contribution in [3.8, 4) is 0 Å². The van der Waals surface area contributed by atoms with Gasteiger partial charge < -0.3 is 64.2 Å². The second-order valence-electron chi connectivity index (χ2n) is 21.5. The summed E-state index contributed by atoms with van der Waals surface area (Å²) in [6.45, 7) is 2.61. The quantitative estimate of drug-likeness (QED) is 0.0171. The summed E-state index contributed by atoms with van der Waals surface area (Å²) in [4.78, 5) is 25.9. The van der Waals surface area contributed by atoms with Gasteiger partial charge in [-0.25, -0.2) is 0 Å². The fourth-order valence-corrected chi connectivity index (χ4v) is 9.72. The number of carbonyl (C=O) groups excluding carboxylic acids is 2. The molecule has 0 aromatic rings. The molecule has 15 nitrogen and oxygen atoms in total. The van der Waals surface area contributed by atoms with Crippen molar-refractivity contribution in [2.75, 3.05) is 26.4 Å². The van der Waals surface area contributed by atoms with Crippen molar-refractivity contribution in [2.45, 2.75) is 319 Å². The van der Waals surface area contributed by atoms with Gasteiger partial charge in [0.05, 0.1) is 19.8 Å². The van der Waals surface area contributed by atoms with Crippen molar-refractivity contribution in [1.82, 2.24) is 0 Å². The van der Waals surface area contributed by atoms with Crippen LogP contribution in [0.3, 0.4) is 0 Å². The molecule has 2 rings (SSSR count). The Balaban J connectivity index is 1.72. The highest BCUT2D eigenvalue weighted by Crippen LogP contribution is 2.27. The van der Waals surface area contributed by atoms with Gasteiger partial charge in [0, 0.05) is 12.8 Å². The average molecular weight is 1070 g/mol. The topological polar surface area (TPSA) is 231 Å². The van der Waals surface area contributed by atoms with E-state index in [1.165, 1.54) is 148 Å². The second kappa shape index (κ2) is 46.9. The van der Waals surface area contributed by atoms with E-state index in [1.54, 1.807) is 0 Å². The summed E-state index contributed by atoms with van der Waals surface area (Å²) in [5, 5.41) is 72.3. The molecule has 75 heavy (non-hydrogen) atoms. The summed E-state index contributed by atoms with van der Waals surface area (Å²) >= 11 is 0. The lowest BCUT2D eigenvalue weighted by Gasteiger charge is -2.42. The van der Waals surface area contributed by atoms with Gasteiger partial charge in [0.15, 0.2) is 18.7 Å². The average Bonchev–Trinajstić information content (AvgIpc) is 3.40. The zero-order chi connectivity index (χ0) is 54.6. The zero-order valence-corrected chi connectivity index (χ0v) is 47.0. The molecule has 11 atom stereocenters. The molecule has 7 N–H and O–H groups in total. The van der Waals surface area contributed by atoms with E-state index in [2.05, 4.69) is 38.2 Å². The highest BCUT2D eigenvalue weighted by molar-refractivity contribution is 5.70. The van der Waals surface area contributed by atoms with E-state index in [9.17, 15) is 45.3 Å². The van der Waals surface area contributed by atoms with Crippen LogP contribution in [-0.2, 0) is 38.0 Å². The summed E-state index contributed by atoms with van der Waals surface area (Å²) < 4.78 is 33.7. The minimum atomic E-state index is -1.76. The lowest BCUT2D eigenvalue weighted by atomic mass is 9.98. The monoisotopic (exact) mass is 1070 g/mol. The van der Waals surface area contributed by atoms with Crippen LogP contribution in [0.15, 0.2) is 24.3 Å². The number of esters is 2. The molecule has 440 valence electrons. The van der Waals surface area contributed by atoms with E-state index >= 15 is 0 Å². The summed E-state index contributed by atoms with van der Waals surface area (Å²) in [6.07, 6.45) is 34.8. The number of allylic oxidation sites excluding steroid dienone is 4. The van der Waals surface area contributed by atoms with Gasteiger partial charge in [-0.3, -0.25) is 9.59 Å². The Labute approximate surface area is 453 Å². The molecule has 2 aliphatic heterocycles. The Morgan fingerprint density at radius 1 is 0.427 bits per heavy atom. The molecule has 0 amide bonds. The number of rotatable bonds is 49. The summed E-state index contributed by atoms with van der Waals surface area (Å²) in [6, 6.07) is 0. The van der Waals surface area contributed by atoms with Crippen LogP contribution >= 0.6 is 0 Å². The predicted molar refractivity (Wildman–Crippen MR) is 294 cm³/mol. The van der Waals surface area contributed by atoms with Gasteiger partial charge in [-0.05, 0) is 44.9 Å². The van der Waals surface area contributed by atoms with E-state index in [4.69, 9.17) is 28.4 Å². The highest BCUT2D eigenvalue weighted by atomic mass is 16.7. The third kappa shape index (κ3) is 33.9. The molecule has 2 aliphatic rings. The Kier molecular flexibility index (Phi) is 43.2. The maximum absolute atomic E-state index is 13.1. The predicted octanol–water partition coefficient (Wildman–Crippen LogP) is 10.7. The SMILES string of the molecule is CCCCC/C=C\C/C=C\CCCCCCCCCC(=O)OC(COC(=O)CCCCCCCCCCCCCCCCCCCCCCCC)COC1OC(COC2OC(CO)C(O)C(O)C2O)C(O)C(O)C1O. The van der Waals surface area contributed by atoms with E-state index in [0.717, 1.165) is 64.2 Å². The first-order chi connectivity index (χ1) is 36.5. The van der Waals surface area contributed by atoms with Crippen molar-refractivity contribution < 1.29 is 73.8 Å². The Hall–Kier alpha value is -2.02. The maximum atomic E-state index is 13.1. The number of hydrogen-bond donors (Lipinski definition) is 7. The number of aliphatic hydroxyl groups excluding tert-OH is 7. The van der Waals surface area contributed by atoms with Gasteiger partial charge in [-0.1, -0.05) is 218 Å². The Bertz CT molecular complexity index is 1400. The van der Waals surface area contributed by atoms with Gasteiger partial charge in [0.2, 0.25) is 0 Å². The first-order valence-corrected chi connectivity index (χ1v) is 30.4. The van der Waals surface area contributed by atoms with Crippen molar-refractivity contribution in [3.05, 3.63) is 24.3 Å². The van der Waals surface area contributed by atoms with Crippen molar-refractivity contribution in [3.63, 3.8) is 0 Å². The number of carbonyl (C=O) groups is 2. The fraction of sp³-hybridized carbons (Fsp3) is 0.900. The van der Waals surface area contributed by atoms with Crippen LogP contribution in [0.25, 0.3) is 0 Å². The molecule has 15 heteroatoms. The maximum Gasteiger partial charge on any atom is 0.306 e. The minimum Gasteiger partial charge on any atom is -0.462 e. The number of ether oxygens (including phenoxy) is 6. The highest BCUT2D eigenvalue weighted by Gasteiger charge is 2.47. The molecular formula is C60H110O15.